The molecule has 0 spiro atoms. The van der Waals surface area contributed by atoms with E-state index in [1.807, 2.05) is 12.1 Å². The van der Waals surface area contributed by atoms with Crippen molar-refractivity contribution in [3.63, 3.8) is 0 Å². The van der Waals surface area contributed by atoms with Crippen molar-refractivity contribution in [3.8, 4) is 5.75 Å². The summed E-state index contributed by atoms with van der Waals surface area (Å²) in [5.74, 6) is 0.983. The fourth-order valence-electron chi connectivity index (χ4n) is 2.34. The number of ether oxygens (including phenoxy) is 1. The fourth-order valence-corrected chi connectivity index (χ4v) is 2.70. The first kappa shape index (κ1) is 15.1. The van der Waals surface area contributed by atoms with Gasteiger partial charge in [-0.2, -0.15) is 0 Å². The second-order valence-electron chi connectivity index (χ2n) is 4.93. The maximum atomic E-state index is 5.75. The summed E-state index contributed by atoms with van der Waals surface area (Å²) >= 11 is 2.31. The van der Waals surface area contributed by atoms with Crippen LogP contribution in [0.4, 0.5) is 0 Å². The number of rotatable bonds is 6. The van der Waals surface area contributed by atoms with Crippen LogP contribution in [0.2, 0.25) is 0 Å². The summed E-state index contributed by atoms with van der Waals surface area (Å²) in [5, 5.41) is 0. The molecule has 0 aromatic heterocycles. The molecule has 2 rings (SSSR count). The molecular formula is C15H23IN2O. The fraction of sp³-hybridized carbons (Fsp3) is 0.600. The molecule has 1 aliphatic heterocycles. The molecule has 1 aliphatic rings. The summed E-state index contributed by atoms with van der Waals surface area (Å²) in [6.45, 7) is 10.2. The van der Waals surface area contributed by atoms with Crippen LogP contribution in [0.25, 0.3) is 0 Å². The third kappa shape index (κ3) is 5.28. The maximum Gasteiger partial charge on any atom is 0.119 e. The van der Waals surface area contributed by atoms with Gasteiger partial charge >= 0.3 is 0 Å². The quantitative estimate of drug-likeness (QED) is 0.563. The van der Waals surface area contributed by atoms with Crippen molar-refractivity contribution in [2.24, 2.45) is 0 Å². The van der Waals surface area contributed by atoms with Crippen LogP contribution in [0.5, 0.6) is 5.75 Å². The SMILES string of the molecule is CCN1CCN(CCCOc2ccc(I)cc2)CC1. The van der Waals surface area contributed by atoms with E-state index in [1.54, 1.807) is 0 Å². The number of halogens is 1. The zero-order valence-corrected chi connectivity index (χ0v) is 13.8. The van der Waals surface area contributed by atoms with E-state index < -0.39 is 0 Å². The number of hydrogen-bond acceptors (Lipinski definition) is 3. The van der Waals surface area contributed by atoms with E-state index in [-0.39, 0.29) is 0 Å². The Morgan fingerprint density at radius 1 is 1.05 bits per heavy atom. The number of hydrogen-bond donors (Lipinski definition) is 0. The molecule has 0 amide bonds. The van der Waals surface area contributed by atoms with Gasteiger partial charge in [-0.15, -0.1) is 0 Å². The van der Waals surface area contributed by atoms with E-state index in [1.165, 1.54) is 36.3 Å². The number of benzene rings is 1. The van der Waals surface area contributed by atoms with E-state index in [4.69, 9.17) is 4.74 Å². The van der Waals surface area contributed by atoms with Gasteiger partial charge in [0.2, 0.25) is 0 Å². The van der Waals surface area contributed by atoms with Crippen molar-refractivity contribution >= 4 is 22.6 Å². The van der Waals surface area contributed by atoms with E-state index >= 15 is 0 Å². The standard InChI is InChI=1S/C15H23IN2O/c1-2-17-9-11-18(12-10-17)8-3-13-19-15-6-4-14(16)5-7-15/h4-7H,2-3,8-13H2,1H3. The van der Waals surface area contributed by atoms with Crippen LogP contribution in [-0.4, -0.2) is 55.7 Å². The Hall–Kier alpha value is -0.330. The van der Waals surface area contributed by atoms with Crippen LogP contribution in [0.3, 0.4) is 0 Å². The molecular weight excluding hydrogens is 351 g/mol. The van der Waals surface area contributed by atoms with Crippen LogP contribution < -0.4 is 4.74 Å². The summed E-state index contributed by atoms with van der Waals surface area (Å²) < 4.78 is 7.00. The Morgan fingerprint density at radius 3 is 2.32 bits per heavy atom. The Balaban J connectivity index is 1.58. The maximum absolute atomic E-state index is 5.75. The Morgan fingerprint density at radius 2 is 1.68 bits per heavy atom. The minimum atomic E-state index is 0.814. The van der Waals surface area contributed by atoms with Gasteiger partial charge in [-0.3, -0.25) is 0 Å². The van der Waals surface area contributed by atoms with E-state index in [2.05, 4.69) is 51.4 Å². The first-order valence-electron chi connectivity index (χ1n) is 7.11. The van der Waals surface area contributed by atoms with Gasteiger partial charge in [0.1, 0.15) is 5.75 Å². The zero-order valence-electron chi connectivity index (χ0n) is 11.6. The molecule has 106 valence electrons. The molecule has 1 saturated heterocycles. The van der Waals surface area contributed by atoms with Crippen LogP contribution in [0.15, 0.2) is 24.3 Å². The van der Waals surface area contributed by atoms with Crippen molar-refractivity contribution in [2.45, 2.75) is 13.3 Å². The lowest BCUT2D eigenvalue weighted by molar-refractivity contribution is 0.130. The summed E-state index contributed by atoms with van der Waals surface area (Å²) in [6.07, 6.45) is 1.11. The van der Waals surface area contributed by atoms with Crippen LogP contribution in [0.1, 0.15) is 13.3 Å². The zero-order chi connectivity index (χ0) is 13.5. The summed E-state index contributed by atoms with van der Waals surface area (Å²) in [4.78, 5) is 5.06. The van der Waals surface area contributed by atoms with Gasteiger partial charge < -0.3 is 14.5 Å². The lowest BCUT2D eigenvalue weighted by Crippen LogP contribution is -2.46. The van der Waals surface area contributed by atoms with E-state index in [9.17, 15) is 0 Å². The predicted molar refractivity (Wildman–Crippen MR) is 87.8 cm³/mol. The molecule has 0 bridgehead atoms. The molecule has 1 aromatic rings. The minimum absolute atomic E-state index is 0.814. The molecule has 4 heteroatoms. The highest BCUT2D eigenvalue weighted by Gasteiger charge is 2.14. The summed E-state index contributed by atoms with van der Waals surface area (Å²) in [5.41, 5.74) is 0. The van der Waals surface area contributed by atoms with E-state index in [0.29, 0.717) is 0 Å². The van der Waals surface area contributed by atoms with Gasteiger partial charge in [0.25, 0.3) is 0 Å². The average molecular weight is 374 g/mol. The topological polar surface area (TPSA) is 15.7 Å². The van der Waals surface area contributed by atoms with Crippen molar-refractivity contribution < 1.29 is 4.74 Å². The molecule has 0 radical (unpaired) electrons. The molecule has 1 heterocycles. The normalized spacial score (nSPS) is 17.6. The largest absolute Gasteiger partial charge is 0.494 e. The lowest BCUT2D eigenvalue weighted by atomic mass is 10.3. The number of nitrogens with zero attached hydrogens (tertiary/aromatic N) is 2. The molecule has 1 fully saturated rings. The van der Waals surface area contributed by atoms with Crippen LogP contribution in [-0.2, 0) is 0 Å². The lowest BCUT2D eigenvalue weighted by Gasteiger charge is -2.33. The highest BCUT2D eigenvalue weighted by Crippen LogP contribution is 2.13. The third-order valence-corrected chi connectivity index (χ3v) is 4.33. The van der Waals surface area contributed by atoms with Crippen LogP contribution >= 0.6 is 22.6 Å². The Kier molecular flexibility index (Phi) is 6.40. The third-order valence-electron chi connectivity index (χ3n) is 3.61. The smallest absolute Gasteiger partial charge is 0.119 e. The Labute approximate surface area is 130 Å². The van der Waals surface area contributed by atoms with Crippen molar-refractivity contribution in [2.75, 3.05) is 45.9 Å². The molecule has 1 aromatic carbocycles. The molecule has 0 N–H and O–H groups in total. The van der Waals surface area contributed by atoms with Gasteiger partial charge in [0.15, 0.2) is 0 Å². The van der Waals surface area contributed by atoms with E-state index in [0.717, 1.165) is 25.3 Å². The summed E-state index contributed by atoms with van der Waals surface area (Å²) in [7, 11) is 0. The van der Waals surface area contributed by atoms with Gasteiger partial charge in [-0.05, 0) is 59.8 Å². The highest BCUT2D eigenvalue weighted by molar-refractivity contribution is 14.1. The minimum Gasteiger partial charge on any atom is -0.494 e. The second-order valence-corrected chi connectivity index (χ2v) is 6.18. The number of likely N-dealkylation sites (N-methyl/N-ethyl adjacent to an activating group) is 1. The summed E-state index contributed by atoms with van der Waals surface area (Å²) in [6, 6.07) is 8.25. The van der Waals surface area contributed by atoms with Gasteiger partial charge in [-0.1, -0.05) is 6.92 Å². The van der Waals surface area contributed by atoms with Crippen molar-refractivity contribution in [1.82, 2.24) is 9.80 Å². The number of piperazine rings is 1. The van der Waals surface area contributed by atoms with Gasteiger partial charge in [0.05, 0.1) is 6.61 Å². The first-order valence-corrected chi connectivity index (χ1v) is 8.19. The molecule has 0 aliphatic carbocycles. The first-order chi connectivity index (χ1) is 9.28. The Bertz CT molecular complexity index is 361. The average Bonchev–Trinajstić information content (AvgIpc) is 2.46. The molecule has 3 nitrogen and oxygen atoms in total. The second kappa shape index (κ2) is 8.07. The molecule has 19 heavy (non-hydrogen) atoms. The highest BCUT2D eigenvalue weighted by atomic mass is 127. The molecule has 0 unspecified atom stereocenters. The molecule has 0 saturated carbocycles. The van der Waals surface area contributed by atoms with Gasteiger partial charge in [0, 0.05) is 36.3 Å². The monoisotopic (exact) mass is 374 g/mol. The predicted octanol–water partition coefficient (Wildman–Crippen LogP) is 2.70. The van der Waals surface area contributed by atoms with Crippen LogP contribution in [0, 0.1) is 3.57 Å². The van der Waals surface area contributed by atoms with Gasteiger partial charge in [-0.25, -0.2) is 0 Å². The van der Waals surface area contributed by atoms with Crippen molar-refractivity contribution in [1.29, 1.82) is 0 Å². The van der Waals surface area contributed by atoms with Crippen molar-refractivity contribution in [3.05, 3.63) is 27.8 Å². The molecule has 0 atom stereocenters.